The van der Waals surface area contributed by atoms with E-state index in [-0.39, 0.29) is 51.2 Å². The first-order chi connectivity index (χ1) is 70.7. The number of anilines is 8. The quantitative estimate of drug-likeness (QED) is 0.0517. The van der Waals surface area contributed by atoms with E-state index in [0.717, 1.165) is 101 Å². The van der Waals surface area contributed by atoms with Crippen molar-refractivity contribution in [2.75, 3.05) is 63.8 Å². The first-order valence-corrected chi connectivity index (χ1v) is 52.7. The molecule has 0 N–H and O–H groups in total. The summed E-state index contributed by atoms with van der Waals surface area (Å²) in [6.07, 6.45) is 15.3. The molecule has 6 atom stereocenters. The number of hydrogen-bond acceptors (Lipinski definition) is 13. The van der Waals surface area contributed by atoms with Gasteiger partial charge in [-0.1, -0.05) is 286 Å². The van der Waals surface area contributed by atoms with E-state index < -0.39 is 7.92 Å². The van der Waals surface area contributed by atoms with Crippen molar-refractivity contribution < 1.29 is 60.4 Å². The maximum atomic E-state index is 6.67. The fraction of sp³-hybridized carbons (Fsp3) is 0.120. The number of pyridine rings is 1. The summed E-state index contributed by atoms with van der Waals surface area (Å²) in [5.74, 6) is 4.20. The Labute approximate surface area is 899 Å². The molecule has 19 aromatic rings. The summed E-state index contributed by atoms with van der Waals surface area (Å²) in [6.45, 7) is 16.4. The average molecular weight is 2130 g/mol. The first-order valence-electron chi connectivity index (χ1n) is 48.9. The molecule has 0 aliphatic carbocycles. The molecule has 11 heterocycles. The summed E-state index contributed by atoms with van der Waals surface area (Å²) in [7, 11) is 8.91. The van der Waals surface area contributed by atoms with E-state index in [2.05, 4.69) is 425 Å². The number of aromatic nitrogens is 4. The van der Waals surface area contributed by atoms with E-state index in [0.29, 0.717) is 50.8 Å². The Morgan fingerprint density at radius 2 is 0.898 bits per heavy atom. The van der Waals surface area contributed by atoms with Crippen LogP contribution in [0.1, 0.15) is 53.1 Å². The molecule has 147 heavy (non-hydrogen) atoms. The fourth-order valence-electron chi connectivity index (χ4n) is 20.2. The third-order valence-corrected chi connectivity index (χ3v) is 33.1. The van der Waals surface area contributed by atoms with Gasteiger partial charge in [-0.25, -0.2) is 37.5 Å². The van der Waals surface area contributed by atoms with Gasteiger partial charge in [-0.15, -0.1) is 42.1 Å². The van der Waals surface area contributed by atoms with Crippen LogP contribution in [0.4, 0.5) is 68.2 Å². The predicted molar refractivity (Wildman–Crippen MR) is 608 cm³/mol. The minimum atomic E-state index is -1.22. The number of rotatable bonds is 16. The molecular weight excluding hydrogens is 2010 g/mol. The van der Waals surface area contributed by atoms with Crippen LogP contribution in [0.25, 0.3) is 55.5 Å². The molecule has 0 saturated carbocycles. The Kier molecular flexibility index (Phi) is 32.6. The maximum absolute atomic E-state index is 6.67. The zero-order valence-electron chi connectivity index (χ0n) is 82.3. The monoisotopic (exact) mass is 2120 g/mol. The van der Waals surface area contributed by atoms with Gasteiger partial charge in [0.25, 0.3) is 0 Å². The standard InChI is InChI=1S/C30H24OP2.C23H20N4.C17H14N2O.C17H20NP.C14H12N.C13H9N4.C11H12N2.3Cu/c1-4-14-24(15-5-1)32-29-22-12-10-20-27(29)31-28-21-11-13-23-30(28)33(25-16-6-2-7-17-25)26-18-8-3-9-19-26;1-24-14-8-3-5-10-16(14)26-18-12-7-13-19-20(18)21(22(24)26)23-25(2)15-9-4-6-11-17(15)27(19)23;1-18-8-9-19-15(18)10-11-6-7-13-12-4-2-3-5-14(12)20-17(13)16(11)19;1-13(2)12-19-17-11-7-6-10-16(17)18-15-9-5-4-8-14(15)3;1-11-7-3-5-9-13(11)15-14-10-6-4-8-12(14)2;1-2-6-10(7-3-1)12-15-13(17-16-12)11-8-4-5-9-14-11;1-12-6-7-13-10-5-3-2-4-9(10)8-11(12)13;;;/h1-23,32H;3-13,21-23H,1-2H3;2-9,15H,10H2,1H3;4-11,13,19H,3,12H2,1-2H3;3-10H,1-2H2;1-9H;2-7,11H,8H2,1H3;;;/q;;;-2;-3;-1;;;;+1/p+1. The van der Waals surface area contributed by atoms with E-state index >= 15 is 0 Å². The second kappa shape index (κ2) is 46.8. The molecule has 746 valence electrons. The topological polar surface area (TPSA) is 129 Å². The second-order valence-electron chi connectivity index (χ2n) is 36.9. The molecule has 0 saturated heterocycles. The smallest absolute Gasteiger partial charge is 0.774 e. The molecular formula is C125H112Cu3N14O2P3-4. The Hall–Kier alpha value is -14.7. The van der Waals surface area contributed by atoms with Crippen molar-refractivity contribution in [2.24, 2.45) is 5.92 Å². The van der Waals surface area contributed by atoms with Crippen LogP contribution in [0.15, 0.2) is 448 Å². The van der Waals surface area contributed by atoms with Gasteiger partial charge in [-0.2, -0.15) is 18.2 Å². The van der Waals surface area contributed by atoms with Crippen molar-refractivity contribution in [1.82, 2.24) is 30.0 Å². The molecule has 16 aromatic carbocycles. The number of hydrogen-bond donors (Lipinski definition) is 0. The number of nitrogens with zero attached hydrogens (tertiary/aromatic N) is 14. The third kappa shape index (κ3) is 21.7. The van der Waals surface area contributed by atoms with Crippen LogP contribution in [0.5, 0.6) is 11.5 Å². The SMILES string of the molecule is CN1C=CN2c3c(ccc4c3oc3ccccc34)CC12.CN1C=CN2c3ccccc3CC12.CN1c2ccccc2N2c3cccc4c3C(C12)C1N(C)c2ccccc2N41.[CH2-]c1ccccc1[N-]c1ccccc1PCC(C)C.[CH2-]c1ccccc1[N-]c1ccccc1[CH2-].[Cu+].[Cu].[Cu].c1ccc(-c2n[n-]c(-c3ccccn3)n2)cc1.c1ccc(Pc2ccccc2Oc2ccccc2[PH+](c2ccccc2)c2ccccc2)cc1. The van der Waals surface area contributed by atoms with Crippen LogP contribution in [-0.4, -0.2) is 83.9 Å². The number of para-hydroxylation sites is 12. The van der Waals surface area contributed by atoms with Crippen LogP contribution in [0, 0.1) is 26.7 Å². The number of ether oxygens (including phenoxy) is 1. The normalized spacial score (nSPS) is 15.7. The molecule has 0 amide bonds. The van der Waals surface area contributed by atoms with E-state index in [1.807, 2.05) is 140 Å². The molecule has 6 unspecified atom stereocenters. The largest absolute Gasteiger partial charge is 1.00 e. The van der Waals surface area contributed by atoms with Crippen molar-refractivity contribution in [3.8, 4) is 34.4 Å². The molecule has 27 rings (SSSR count). The summed E-state index contributed by atoms with van der Waals surface area (Å²) in [6, 6.07) is 142. The number of likely N-dealkylation sites (N-methyl/N-ethyl adjacent to an activating group) is 4. The first kappa shape index (κ1) is 102. The Bertz CT molecular complexity index is 7560. The molecule has 0 bridgehead atoms. The number of furan rings is 1. The van der Waals surface area contributed by atoms with Gasteiger partial charge in [0.2, 0.25) is 0 Å². The fourth-order valence-corrected chi connectivity index (χ4v) is 25.2. The van der Waals surface area contributed by atoms with Gasteiger partial charge in [0.15, 0.2) is 11.3 Å². The molecule has 0 fully saturated rings. The molecule has 22 heteroatoms. The number of benzene rings is 16. The van der Waals surface area contributed by atoms with Gasteiger partial charge >= 0.3 is 17.1 Å². The van der Waals surface area contributed by atoms with Crippen molar-refractivity contribution in [1.29, 1.82) is 0 Å². The zero-order valence-corrected chi connectivity index (χ0v) is 88.2. The van der Waals surface area contributed by atoms with Crippen LogP contribution in [0.3, 0.4) is 0 Å². The van der Waals surface area contributed by atoms with Gasteiger partial charge in [-0.3, -0.25) is 27.1 Å². The van der Waals surface area contributed by atoms with Gasteiger partial charge in [0.1, 0.15) is 59.8 Å². The summed E-state index contributed by atoms with van der Waals surface area (Å²) < 4.78 is 12.8. The average Bonchev–Trinajstić information content (AvgIpc) is 1.50. The Morgan fingerprint density at radius 1 is 0.429 bits per heavy atom. The summed E-state index contributed by atoms with van der Waals surface area (Å²) in [5, 5.41) is 27.6. The Balaban J connectivity index is 0.000000114. The third-order valence-electron chi connectivity index (χ3n) is 27.2. The molecule has 0 spiro atoms. The van der Waals surface area contributed by atoms with Crippen LogP contribution in [-0.2, 0) is 64.0 Å². The van der Waals surface area contributed by atoms with Crippen molar-refractivity contribution in [3.05, 3.63) is 508 Å². The van der Waals surface area contributed by atoms with Crippen LogP contribution < -0.4 is 71.1 Å². The van der Waals surface area contributed by atoms with Crippen molar-refractivity contribution in [3.63, 3.8) is 0 Å². The molecule has 2 radical (unpaired) electrons. The van der Waals surface area contributed by atoms with E-state index in [4.69, 9.17) is 14.5 Å². The molecule has 8 aliphatic heterocycles. The molecule has 3 aromatic heterocycles. The second-order valence-corrected chi connectivity index (χ2v) is 42.0. The van der Waals surface area contributed by atoms with Crippen molar-refractivity contribution in [2.45, 2.75) is 57.3 Å². The van der Waals surface area contributed by atoms with E-state index in [1.54, 1.807) is 6.20 Å². The Morgan fingerprint density at radius 3 is 1.49 bits per heavy atom. The molecule has 8 aliphatic rings. The van der Waals surface area contributed by atoms with Crippen molar-refractivity contribution >= 4 is 147 Å². The summed E-state index contributed by atoms with van der Waals surface area (Å²) in [4.78, 5) is 27.8. The molecule has 16 nitrogen and oxygen atoms in total. The van der Waals surface area contributed by atoms with E-state index in [9.17, 15) is 0 Å². The predicted octanol–water partition coefficient (Wildman–Crippen LogP) is 27.4. The minimum absolute atomic E-state index is 0. The minimum Gasteiger partial charge on any atom is -0.774 e. The van der Waals surface area contributed by atoms with E-state index in [1.165, 1.54) is 111 Å². The van der Waals surface area contributed by atoms with Gasteiger partial charge in [0, 0.05) is 145 Å². The van der Waals surface area contributed by atoms with Crippen LogP contribution >= 0.6 is 25.1 Å². The summed E-state index contributed by atoms with van der Waals surface area (Å²) in [5.41, 5.74) is 25.4. The zero-order chi connectivity index (χ0) is 98.1. The maximum Gasteiger partial charge on any atom is 1.00 e. The van der Waals surface area contributed by atoms with Gasteiger partial charge in [-0.05, 0) is 148 Å². The van der Waals surface area contributed by atoms with Gasteiger partial charge < -0.3 is 69.1 Å². The van der Waals surface area contributed by atoms with Crippen LogP contribution in [0.2, 0.25) is 0 Å². The van der Waals surface area contributed by atoms with Gasteiger partial charge in [0.05, 0.1) is 45.9 Å². The summed E-state index contributed by atoms with van der Waals surface area (Å²) >= 11 is 0. The number of fused-ring (bicyclic) bond motifs is 20.